The van der Waals surface area contributed by atoms with Crippen LogP contribution in [0.25, 0.3) is 22.2 Å². The second kappa shape index (κ2) is 8.33. The van der Waals surface area contributed by atoms with Gasteiger partial charge in [0.2, 0.25) is 5.95 Å². The Morgan fingerprint density at radius 1 is 1.00 bits per heavy atom. The zero-order valence-corrected chi connectivity index (χ0v) is 17.4. The van der Waals surface area contributed by atoms with Gasteiger partial charge in [0.25, 0.3) is 0 Å². The van der Waals surface area contributed by atoms with E-state index >= 15 is 0 Å². The number of para-hydroxylation sites is 1. The quantitative estimate of drug-likeness (QED) is 0.499. The van der Waals surface area contributed by atoms with Gasteiger partial charge in [-0.25, -0.2) is 9.97 Å². The number of nitrogens with one attached hydrogen (secondary N) is 1. The minimum Gasteiger partial charge on any atom is -0.384 e. The predicted molar refractivity (Wildman–Crippen MR) is 123 cm³/mol. The van der Waals surface area contributed by atoms with Crippen LogP contribution in [-0.2, 0) is 4.74 Å². The third-order valence-corrected chi connectivity index (χ3v) is 5.33. The fraction of sp³-hybridized carbons (Fsp3) is 0.182. The molecule has 0 spiro atoms. The first-order valence-electron chi connectivity index (χ1n) is 9.91. The fourth-order valence-corrected chi connectivity index (χ4v) is 3.72. The number of rotatable bonds is 4. The number of nitrogen functional groups attached to an aromatic ring is 1. The second-order valence-electron chi connectivity index (χ2n) is 7.17. The lowest BCUT2D eigenvalue weighted by Crippen LogP contribution is -2.37. The van der Waals surface area contributed by atoms with Crippen LogP contribution in [0.4, 0.5) is 23.3 Å². The molecule has 1 aliphatic heterocycles. The van der Waals surface area contributed by atoms with Crippen molar-refractivity contribution in [2.45, 2.75) is 0 Å². The maximum atomic E-state index is 6.44. The predicted octanol–water partition coefficient (Wildman–Crippen LogP) is 3.90. The summed E-state index contributed by atoms with van der Waals surface area (Å²) in [7, 11) is 0. The number of halogens is 1. The Morgan fingerprint density at radius 2 is 1.84 bits per heavy atom. The molecule has 1 aliphatic rings. The minimum atomic E-state index is 0.358. The molecule has 0 radical (unpaired) electrons. The van der Waals surface area contributed by atoms with Gasteiger partial charge in [-0.1, -0.05) is 29.8 Å². The van der Waals surface area contributed by atoms with Crippen LogP contribution in [-0.4, -0.2) is 46.2 Å². The highest BCUT2D eigenvalue weighted by Gasteiger charge is 2.18. The molecule has 4 heterocycles. The highest BCUT2D eigenvalue weighted by molar-refractivity contribution is 6.33. The van der Waals surface area contributed by atoms with Gasteiger partial charge in [-0.15, -0.1) is 0 Å². The van der Waals surface area contributed by atoms with E-state index in [-0.39, 0.29) is 0 Å². The number of fused-ring (bicyclic) bond motifs is 1. The summed E-state index contributed by atoms with van der Waals surface area (Å²) in [5, 5.41) is 4.88. The number of morpholine rings is 1. The Kier molecular flexibility index (Phi) is 5.23. The van der Waals surface area contributed by atoms with Crippen molar-refractivity contribution in [1.29, 1.82) is 0 Å². The molecule has 4 aromatic rings. The highest BCUT2D eigenvalue weighted by Crippen LogP contribution is 2.31. The van der Waals surface area contributed by atoms with Gasteiger partial charge in [0.05, 0.1) is 41.3 Å². The number of aromatic nitrogens is 4. The van der Waals surface area contributed by atoms with Crippen molar-refractivity contribution >= 4 is 45.8 Å². The van der Waals surface area contributed by atoms with Crippen LogP contribution in [0.3, 0.4) is 0 Å². The number of pyridine rings is 2. The number of ether oxygens (including phenoxy) is 1. The molecule has 1 aromatic carbocycles. The zero-order chi connectivity index (χ0) is 21.2. The van der Waals surface area contributed by atoms with E-state index in [1.807, 2.05) is 36.4 Å². The van der Waals surface area contributed by atoms with E-state index in [2.05, 4.69) is 20.2 Å². The number of hydrogen-bond donors (Lipinski definition) is 2. The monoisotopic (exact) mass is 433 g/mol. The van der Waals surface area contributed by atoms with E-state index in [0.717, 1.165) is 16.6 Å². The van der Waals surface area contributed by atoms with Gasteiger partial charge in [-0.3, -0.25) is 4.98 Å². The summed E-state index contributed by atoms with van der Waals surface area (Å²) >= 11 is 6.44. The molecule has 0 aliphatic carbocycles. The summed E-state index contributed by atoms with van der Waals surface area (Å²) in [6.07, 6.45) is 3.42. The van der Waals surface area contributed by atoms with Gasteiger partial charge >= 0.3 is 0 Å². The van der Waals surface area contributed by atoms with Gasteiger partial charge in [-0.05, 0) is 18.2 Å². The van der Waals surface area contributed by atoms with Crippen LogP contribution in [0.1, 0.15) is 0 Å². The smallest absolute Gasteiger partial charge is 0.228 e. The normalized spacial score (nSPS) is 14.0. The van der Waals surface area contributed by atoms with Crippen LogP contribution in [0, 0.1) is 0 Å². The molecule has 0 unspecified atom stereocenters. The van der Waals surface area contributed by atoms with E-state index < -0.39 is 0 Å². The summed E-state index contributed by atoms with van der Waals surface area (Å²) in [6.45, 7) is 2.70. The molecule has 31 heavy (non-hydrogen) atoms. The summed E-state index contributed by atoms with van der Waals surface area (Å²) in [6, 6.07) is 13.5. The summed E-state index contributed by atoms with van der Waals surface area (Å²) in [5.74, 6) is 1.60. The molecule has 0 saturated carbocycles. The molecule has 0 atom stereocenters. The Morgan fingerprint density at radius 3 is 2.68 bits per heavy atom. The van der Waals surface area contributed by atoms with E-state index in [1.54, 1.807) is 18.5 Å². The van der Waals surface area contributed by atoms with Crippen molar-refractivity contribution < 1.29 is 4.74 Å². The van der Waals surface area contributed by atoms with Crippen molar-refractivity contribution in [3.8, 4) is 11.3 Å². The molecule has 8 nitrogen and oxygen atoms in total. The lowest BCUT2D eigenvalue weighted by atomic mass is 10.2. The SMILES string of the molecule is Nc1cc(Cl)c(-c2cc(Nc3cnc4ccccc4c3)nc(N3CCOCC3)n2)cn1. The van der Waals surface area contributed by atoms with Gasteiger partial charge in [0.1, 0.15) is 11.6 Å². The molecular formula is C22H20ClN7O. The van der Waals surface area contributed by atoms with Crippen LogP contribution in [0.2, 0.25) is 5.02 Å². The maximum Gasteiger partial charge on any atom is 0.228 e. The standard InChI is InChI=1S/C22H20ClN7O/c23-17-10-20(24)26-13-16(17)19-11-21(29-22(28-19)30-5-7-31-8-6-30)27-15-9-14-3-1-2-4-18(14)25-12-15/h1-4,9-13H,5-8H2,(H2,24,26)(H,27,28,29). The van der Waals surface area contributed by atoms with Crippen molar-refractivity contribution in [1.82, 2.24) is 19.9 Å². The third kappa shape index (κ3) is 4.21. The van der Waals surface area contributed by atoms with E-state index in [1.165, 1.54) is 0 Å². The van der Waals surface area contributed by atoms with Crippen LogP contribution >= 0.6 is 11.6 Å². The van der Waals surface area contributed by atoms with E-state index in [0.29, 0.717) is 60.2 Å². The number of benzene rings is 1. The van der Waals surface area contributed by atoms with E-state index in [4.69, 9.17) is 32.0 Å². The number of hydrogen-bond acceptors (Lipinski definition) is 8. The van der Waals surface area contributed by atoms with E-state index in [9.17, 15) is 0 Å². The van der Waals surface area contributed by atoms with Gasteiger partial charge in [0.15, 0.2) is 0 Å². The van der Waals surface area contributed by atoms with Crippen molar-refractivity contribution in [3.63, 3.8) is 0 Å². The van der Waals surface area contributed by atoms with Gasteiger partial charge < -0.3 is 20.7 Å². The largest absolute Gasteiger partial charge is 0.384 e. The first kappa shape index (κ1) is 19.5. The van der Waals surface area contributed by atoms with Gasteiger partial charge in [0, 0.05) is 36.3 Å². The molecule has 3 N–H and O–H groups in total. The van der Waals surface area contributed by atoms with Gasteiger partial charge in [-0.2, -0.15) is 4.98 Å². The zero-order valence-electron chi connectivity index (χ0n) is 16.6. The molecule has 3 aromatic heterocycles. The lowest BCUT2D eigenvalue weighted by Gasteiger charge is -2.27. The molecule has 5 rings (SSSR count). The number of nitrogens with two attached hydrogens (primary N) is 1. The molecular weight excluding hydrogens is 414 g/mol. The summed E-state index contributed by atoms with van der Waals surface area (Å²) < 4.78 is 5.47. The van der Waals surface area contributed by atoms with Crippen LogP contribution in [0.5, 0.6) is 0 Å². The second-order valence-corrected chi connectivity index (χ2v) is 7.58. The first-order valence-corrected chi connectivity index (χ1v) is 10.3. The Bertz CT molecular complexity index is 1240. The summed E-state index contributed by atoms with van der Waals surface area (Å²) in [4.78, 5) is 20.3. The molecule has 0 amide bonds. The molecule has 1 saturated heterocycles. The summed E-state index contributed by atoms with van der Waals surface area (Å²) in [5.41, 5.74) is 8.87. The van der Waals surface area contributed by atoms with Crippen molar-refractivity contribution in [2.75, 3.05) is 42.3 Å². The molecule has 1 fully saturated rings. The number of nitrogens with zero attached hydrogens (tertiary/aromatic N) is 5. The molecule has 0 bridgehead atoms. The Hall–Kier alpha value is -3.49. The molecule has 156 valence electrons. The topological polar surface area (TPSA) is 102 Å². The Labute approximate surface area is 184 Å². The lowest BCUT2D eigenvalue weighted by molar-refractivity contribution is 0.122. The Balaban J connectivity index is 1.56. The minimum absolute atomic E-state index is 0.358. The van der Waals surface area contributed by atoms with Crippen LogP contribution in [0.15, 0.2) is 54.9 Å². The average Bonchev–Trinajstić information content (AvgIpc) is 2.79. The van der Waals surface area contributed by atoms with Crippen molar-refractivity contribution in [3.05, 3.63) is 59.9 Å². The maximum absolute atomic E-state index is 6.44. The van der Waals surface area contributed by atoms with Crippen LogP contribution < -0.4 is 16.0 Å². The fourth-order valence-electron chi connectivity index (χ4n) is 3.46. The number of anilines is 4. The first-order chi connectivity index (χ1) is 15.2. The third-order valence-electron chi connectivity index (χ3n) is 5.02. The average molecular weight is 434 g/mol. The van der Waals surface area contributed by atoms with Crippen molar-refractivity contribution in [2.24, 2.45) is 0 Å². The highest BCUT2D eigenvalue weighted by atomic mass is 35.5. The molecule has 9 heteroatoms.